The Kier molecular flexibility index (Phi) is 3.82. The van der Waals surface area contributed by atoms with Gasteiger partial charge in [-0.05, 0) is 6.92 Å². The van der Waals surface area contributed by atoms with Crippen molar-refractivity contribution in [3.8, 4) is 0 Å². The summed E-state index contributed by atoms with van der Waals surface area (Å²) in [6.07, 6.45) is 0. The molecule has 0 rings (SSSR count). The minimum atomic E-state index is -3.37. The lowest BCUT2D eigenvalue weighted by atomic mass is 10.3. The molecule has 70 valence electrons. The molecule has 1 N–H and O–H groups in total. The van der Waals surface area contributed by atoms with E-state index >= 15 is 0 Å². The smallest absolute Gasteiger partial charge is 0.333 e. The van der Waals surface area contributed by atoms with E-state index in [1.54, 1.807) is 0 Å². The normalized spacial score (nSPS) is 11.0. The molecule has 0 unspecified atom stereocenters. The van der Waals surface area contributed by atoms with Crippen molar-refractivity contribution in [3.63, 3.8) is 0 Å². The van der Waals surface area contributed by atoms with Gasteiger partial charge >= 0.3 is 11.9 Å². The molecule has 0 aliphatic rings. The van der Waals surface area contributed by atoms with Gasteiger partial charge in [-0.2, -0.15) is 0 Å². The summed E-state index contributed by atoms with van der Waals surface area (Å²) in [7, 11) is 0. The van der Waals surface area contributed by atoms with Crippen molar-refractivity contribution < 1.29 is 23.4 Å². The van der Waals surface area contributed by atoms with Gasteiger partial charge in [0.2, 0.25) is 0 Å². The molecule has 5 heteroatoms. The summed E-state index contributed by atoms with van der Waals surface area (Å²) in [6.45, 7) is 2.09. The van der Waals surface area contributed by atoms with E-state index in [-0.39, 0.29) is 5.57 Å². The maximum absolute atomic E-state index is 12.2. The first kappa shape index (κ1) is 11.0. The third kappa shape index (κ3) is 4.02. The van der Waals surface area contributed by atoms with E-state index in [4.69, 9.17) is 5.11 Å². The molecular weight excluding hydrogens is 170 g/mol. The van der Waals surface area contributed by atoms with E-state index in [0.29, 0.717) is 0 Å². The highest BCUT2D eigenvalue weighted by Crippen LogP contribution is 2.12. The second-order valence-corrected chi connectivity index (χ2v) is 2.37. The Hall–Kier alpha value is -0.970. The molecular formula is C7H10F2O3. The van der Waals surface area contributed by atoms with Gasteiger partial charge in [-0.3, -0.25) is 0 Å². The van der Waals surface area contributed by atoms with Crippen LogP contribution in [-0.2, 0) is 9.53 Å². The SMILES string of the molecule is C=C(C)C(=O)OCC(F)(F)CO. The lowest BCUT2D eigenvalue weighted by molar-refractivity contribution is -0.154. The van der Waals surface area contributed by atoms with Gasteiger partial charge in [-0.25, -0.2) is 13.6 Å². The molecule has 0 saturated heterocycles. The van der Waals surface area contributed by atoms with E-state index in [1.807, 2.05) is 0 Å². The zero-order valence-corrected chi connectivity index (χ0v) is 6.64. The van der Waals surface area contributed by atoms with E-state index in [9.17, 15) is 13.6 Å². The molecule has 0 atom stereocenters. The van der Waals surface area contributed by atoms with Gasteiger partial charge in [0.05, 0.1) is 0 Å². The van der Waals surface area contributed by atoms with Gasteiger partial charge in [0.25, 0.3) is 0 Å². The van der Waals surface area contributed by atoms with Crippen molar-refractivity contribution in [1.29, 1.82) is 0 Å². The number of hydrogen-bond donors (Lipinski definition) is 1. The summed E-state index contributed by atoms with van der Waals surface area (Å²) in [6, 6.07) is 0. The molecule has 0 aliphatic carbocycles. The van der Waals surface area contributed by atoms with E-state index < -0.39 is 25.1 Å². The van der Waals surface area contributed by atoms with Crippen molar-refractivity contribution in [2.45, 2.75) is 12.8 Å². The number of ether oxygens (including phenoxy) is 1. The van der Waals surface area contributed by atoms with Crippen LogP contribution in [0.1, 0.15) is 6.92 Å². The van der Waals surface area contributed by atoms with Gasteiger partial charge in [0, 0.05) is 5.57 Å². The lowest BCUT2D eigenvalue weighted by Gasteiger charge is -2.12. The number of aliphatic hydroxyl groups excluding tert-OH is 1. The maximum Gasteiger partial charge on any atom is 0.333 e. The molecule has 0 spiro atoms. The molecule has 0 radical (unpaired) electrons. The summed E-state index contributed by atoms with van der Waals surface area (Å²) in [5.41, 5.74) is 0.0451. The number of carbonyl (C=O) groups is 1. The summed E-state index contributed by atoms with van der Waals surface area (Å²) in [5.74, 6) is -4.26. The fourth-order valence-corrected chi connectivity index (χ4v) is 0.340. The van der Waals surface area contributed by atoms with Crippen molar-refractivity contribution >= 4 is 5.97 Å². The zero-order valence-electron chi connectivity index (χ0n) is 6.64. The second-order valence-electron chi connectivity index (χ2n) is 2.37. The minimum Gasteiger partial charge on any atom is -0.456 e. The fourth-order valence-electron chi connectivity index (χ4n) is 0.340. The third-order valence-corrected chi connectivity index (χ3v) is 0.994. The first-order chi connectivity index (χ1) is 5.39. The Balaban J connectivity index is 3.83. The monoisotopic (exact) mass is 180 g/mol. The molecule has 3 nitrogen and oxygen atoms in total. The van der Waals surface area contributed by atoms with Gasteiger partial charge in [-0.15, -0.1) is 0 Å². The topological polar surface area (TPSA) is 46.5 Å². The summed E-state index contributed by atoms with van der Waals surface area (Å²) in [5, 5.41) is 8.08. The fraction of sp³-hybridized carbons (Fsp3) is 0.571. The van der Waals surface area contributed by atoms with Crippen molar-refractivity contribution in [1.82, 2.24) is 0 Å². The number of alkyl halides is 2. The number of aliphatic hydroxyl groups is 1. The molecule has 0 aromatic carbocycles. The summed E-state index contributed by atoms with van der Waals surface area (Å²) in [4.78, 5) is 10.6. The molecule has 0 aromatic heterocycles. The van der Waals surface area contributed by atoms with Crippen LogP contribution in [0, 0.1) is 0 Å². The average Bonchev–Trinajstić information content (AvgIpc) is 2.00. The number of halogens is 2. The van der Waals surface area contributed by atoms with E-state index in [2.05, 4.69) is 11.3 Å². The van der Waals surface area contributed by atoms with Gasteiger partial charge in [0.15, 0.2) is 6.61 Å². The van der Waals surface area contributed by atoms with Crippen LogP contribution in [0.4, 0.5) is 8.78 Å². The Morgan fingerprint density at radius 1 is 1.67 bits per heavy atom. The molecule has 0 aromatic rings. The number of carbonyl (C=O) groups excluding carboxylic acids is 1. The number of rotatable bonds is 4. The first-order valence-electron chi connectivity index (χ1n) is 3.20. The molecule has 0 fully saturated rings. The zero-order chi connectivity index (χ0) is 9.78. The highest BCUT2D eigenvalue weighted by atomic mass is 19.3. The molecule has 0 aliphatic heterocycles. The first-order valence-corrected chi connectivity index (χ1v) is 3.20. The van der Waals surface area contributed by atoms with E-state index in [0.717, 1.165) is 0 Å². The Labute approximate surface area is 68.6 Å². The average molecular weight is 180 g/mol. The highest BCUT2D eigenvalue weighted by molar-refractivity contribution is 5.86. The largest absolute Gasteiger partial charge is 0.456 e. The maximum atomic E-state index is 12.2. The van der Waals surface area contributed by atoms with Crippen LogP contribution in [0.3, 0.4) is 0 Å². The van der Waals surface area contributed by atoms with Gasteiger partial charge in [0.1, 0.15) is 6.61 Å². The molecule has 0 heterocycles. The summed E-state index contributed by atoms with van der Waals surface area (Å²) < 4.78 is 28.6. The predicted molar refractivity (Wildman–Crippen MR) is 37.8 cm³/mol. The highest BCUT2D eigenvalue weighted by Gasteiger charge is 2.29. The van der Waals surface area contributed by atoms with Crippen molar-refractivity contribution in [2.24, 2.45) is 0 Å². The van der Waals surface area contributed by atoms with E-state index in [1.165, 1.54) is 6.92 Å². The molecule has 12 heavy (non-hydrogen) atoms. The standard InChI is InChI=1S/C7H10F2O3/c1-5(2)6(11)12-4-7(8,9)3-10/h10H,1,3-4H2,2H3. The van der Waals surface area contributed by atoms with Crippen LogP contribution in [0.5, 0.6) is 0 Å². The third-order valence-electron chi connectivity index (χ3n) is 0.994. The van der Waals surface area contributed by atoms with Gasteiger partial charge in [-0.1, -0.05) is 6.58 Å². The molecule has 0 bridgehead atoms. The van der Waals surface area contributed by atoms with Crippen LogP contribution < -0.4 is 0 Å². The number of hydrogen-bond acceptors (Lipinski definition) is 3. The van der Waals surface area contributed by atoms with Crippen LogP contribution >= 0.6 is 0 Å². The predicted octanol–water partition coefficient (Wildman–Crippen LogP) is 0.733. The molecule has 0 saturated carbocycles. The Morgan fingerprint density at radius 3 is 2.50 bits per heavy atom. The Morgan fingerprint density at radius 2 is 2.17 bits per heavy atom. The van der Waals surface area contributed by atoms with Gasteiger partial charge < -0.3 is 9.84 Å². The van der Waals surface area contributed by atoms with Crippen molar-refractivity contribution in [3.05, 3.63) is 12.2 Å². The van der Waals surface area contributed by atoms with Crippen LogP contribution in [0.25, 0.3) is 0 Å². The quantitative estimate of drug-likeness (QED) is 0.512. The Bertz CT molecular complexity index is 189. The van der Waals surface area contributed by atoms with Crippen LogP contribution in [-0.4, -0.2) is 30.2 Å². The van der Waals surface area contributed by atoms with Crippen molar-refractivity contribution in [2.75, 3.05) is 13.2 Å². The second kappa shape index (κ2) is 4.15. The van der Waals surface area contributed by atoms with Crippen LogP contribution in [0.2, 0.25) is 0 Å². The molecule has 0 amide bonds. The number of esters is 1. The summed E-state index contributed by atoms with van der Waals surface area (Å²) >= 11 is 0. The minimum absolute atomic E-state index is 0.0451. The van der Waals surface area contributed by atoms with Crippen LogP contribution in [0.15, 0.2) is 12.2 Å². The lowest BCUT2D eigenvalue weighted by Crippen LogP contribution is -2.29.